The molecule has 1 aliphatic rings. The number of ether oxygens (including phenoxy) is 1. The summed E-state index contributed by atoms with van der Waals surface area (Å²) in [6.07, 6.45) is -0.566. The number of non-ortho nitro benzene ring substituents is 1. The highest BCUT2D eigenvalue weighted by atomic mass is 16.6. The first-order valence-corrected chi connectivity index (χ1v) is 8.81. The van der Waals surface area contributed by atoms with Crippen molar-refractivity contribution < 1.29 is 19.7 Å². The third kappa shape index (κ3) is 4.93. The zero-order valence-electron chi connectivity index (χ0n) is 14.6. The number of nitrogens with one attached hydrogen (secondary N) is 1. The number of aliphatic hydroxyl groups excluding tert-OH is 1. The molecule has 0 spiro atoms. The van der Waals surface area contributed by atoms with Gasteiger partial charge in [-0.25, -0.2) is 0 Å². The summed E-state index contributed by atoms with van der Waals surface area (Å²) in [5, 5.41) is 20.9. The number of aliphatic hydroxyl groups is 1. The predicted molar refractivity (Wildman–Crippen MR) is 98.8 cm³/mol. The van der Waals surface area contributed by atoms with E-state index in [4.69, 9.17) is 4.74 Å². The molecule has 1 aliphatic heterocycles. The van der Waals surface area contributed by atoms with Crippen molar-refractivity contribution in [1.29, 1.82) is 0 Å². The molecular formula is C19H24N3O4+. The smallest absolute Gasteiger partial charge is 0.269 e. The summed E-state index contributed by atoms with van der Waals surface area (Å²) in [5.74, 6) is 0.526. The Kier molecular flexibility index (Phi) is 6.04. The molecule has 2 aromatic rings. The Labute approximate surface area is 152 Å². The summed E-state index contributed by atoms with van der Waals surface area (Å²) in [6, 6.07) is 16.3. The minimum atomic E-state index is -0.566. The van der Waals surface area contributed by atoms with E-state index >= 15 is 0 Å². The monoisotopic (exact) mass is 358 g/mol. The van der Waals surface area contributed by atoms with Crippen molar-refractivity contribution in [3.8, 4) is 5.75 Å². The maximum Gasteiger partial charge on any atom is 0.269 e. The lowest BCUT2D eigenvalue weighted by molar-refractivity contribution is -0.903. The van der Waals surface area contributed by atoms with E-state index in [0.717, 1.165) is 26.2 Å². The van der Waals surface area contributed by atoms with Crippen LogP contribution in [0.4, 0.5) is 11.4 Å². The molecule has 7 heteroatoms. The normalized spacial score (nSPS) is 16.3. The molecule has 1 saturated heterocycles. The van der Waals surface area contributed by atoms with E-state index in [0.29, 0.717) is 12.3 Å². The van der Waals surface area contributed by atoms with E-state index in [1.54, 1.807) is 12.1 Å². The lowest BCUT2D eigenvalue weighted by atomic mass is 10.2. The van der Waals surface area contributed by atoms with Crippen LogP contribution in [0.3, 0.4) is 0 Å². The van der Waals surface area contributed by atoms with Crippen molar-refractivity contribution in [1.82, 2.24) is 0 Å². The Bertz CT molecular complexity index is 700. The number of hydrogen-bond acceptors (Lipinski definition) is 5. The Balaban J connectivity index is 1.40. The topological polar surface area (TPSA) is 80.3 Å². The molecule has 0 aromatic heterocycles. The van der Waals surface area contributed by atoms with E-state index in [2.05, 4.69) is 17.0 Å². The number of quaternary nitrogens is 1. The number of piperazine rings is 1. The van der Waals surface area contributed by atoms with Gasteiger partial charge in [0.25, 0.3) is 5.69 Å². The SMILES string of the molecule is O=[N+]([O-])c1ccc(OC[C@H](O)C[NH+]2CCN(c3ccccc3)CC2)cc1. The van der Waals surface area contributed by atoms with Crippen LogP contribution in [-0.2, 0) is 0 Å². The molecule has 3 rings (SSSR count). The van der Waals surface area contributed by atoms with Crippen LogP contribution in [-0.4, -0.2) is 55.5 Å². The van der Waals surface area contributed by atoms with Gasteiger partial charge >= 0.3 is 0 Å². The zero-order chi connectivity index (χ0) is 18.4. The number of nitro benzene ring substituents is 1. The third-order valence-electron chi connectivity index (χ3n) is 4.61. The summed E-state index contributed by atoms with van der Waals surface area (Å²) < 4.78 is 5.54. The van der Waals surface area contributed by atoms with Crippen molar-refractivity contribution in [3.05, 3.63) is 64.7 Å². The first kappa shape index (κ1) is 18.2. The molecule has 0 unspecified atom stereocenters. The number of nitro groups is 1. The van der Waals surface area contributed by atoms with Crippen LogP contribution < -0.4 is 14.5 Å². The second kappa shape index (κ2) is 8.64. The fourth-order valence-electron chi connectivity index (χ4n) is 3.17. The van der Waals surface area contributed by atoms with Gasteiger partial charge in [0.05, 0.1) is 31.1 Å². The zero-order valence-corrected chi connectivity index (χ0v) is 14.6. The highest BCUT2D eigenvalue weighted by molar-refractivity contribution is 5.46. The summed E-state index contributed by atoms with van der Waals surface area (Å²) >= 11 is 0. The maximum absolute atomic E-state index is 10.6. The van der Waals surface area contributed by atoms with Crippen LogP contribution in [0.25, 0.3) is 0 Å². The lowest BCUT2D eigenvalue weighted by Crippen LogP contribution is -3.16. The summed E-state index contributed by atoms with van der Waals surface area (Å²) in [6.45, 7) is 4.71. The number of para-hydroxylation sites is 1. The van der Waals surface area contributed by atoms with E-state index in [1.807, 2.05) is 18.2 Å². The first-order valence-electron chi connectivity index (χ1n) is 8.81. The lowest BCUT2D eigenvalue weighted by Gasteiger charge is -2.34. The number of benzene rings is 2. The van der Waals surface area contributed by atoms with Gasteiger partial charge in [-0.05, 0) is 24.3 Å². The van der Waals surface area contributed by atoms with Crippen LogP contribution in [0.2, 0.25) is 0 Å². The van der Waals surface area contributed by atoms with E-state index in [-0.39, 0.29) is 12.3 Å². The molecule has 138 valence electrons. The van der Waals surface area contributed by atoms with Crippen LogP contribution in [0, 0.1) is 10.1 Å². The van der Waals surface area contributed by atoms with E-state index < -0.39 is 11.0 Å². The maximum atomic E-state index is 10.6. The summed E-state index contributed by atoms with van der Waals surface area (Å²) in [7, 11) is 0. The molecule has 1 atom stereocenters. The van der Waals surface area contributed by atoms with Crippen LogP contribution in [0.15, 0.2) is 54.6 Å². The largest absolute Gasteiger partial charge is 0.491 e. The molecule has 2 N–H and O–H groups in total. The highest BCUT2D eigenvalue weighted by Crippen LogP contribution is 2.17. The van der Waals surface area contributed by atoms with Gasteiger partial charge in [-0.2, -0.15) is 0 Å². The van der Waals surface area contributed by atoms with Gasteiger partial charge in [0.2, 0.25) is 0 Å². The van der Waals surface area contributed by atoms with Gasteiger partial charge in [0.15, 0.2) is 0 Å². The minimum Gasteiger partial charge on any atom is -0.491 e. The molecule has 0 aliphatic carbocycles. The summed E-state index contributed by atoms with van der Waals surface area (Å²) in [4.78, 5) is 13.9. The molecule has 2 aromatic carbocycles. The quantitative estimate of drug-likeness (QED) is 0.564. The molecule has 0 saturated carbocycles. The minimum absolute atomic E-state index is 0.0265. The molecule has 1 fully saturated rings. The van der Waals surface area contributed by atoms with E-state index in [9.17, 15) is 15.2 Å². The van der Waals surface area contributed by atoms with Crippen LogP contribution >= 0.6 is 0 Å². The third-order valence-corrected chi connectivity index (χ3v) is 4.61. The summed E-state index contributed by atoms with van der Waals surface area (Å²) in [5.41, 5.74) is 1.27. The van der Waals surface area contributed by atoms with Crippen LogP contribution in [0.1, 0.15) is 0 Å². The van der Waals surface area contributed by atoms with Crippen molar-refractivity contribution in [2.45, 2.75) is 6.10 Å². The fourth-order valence-corrected chi connectivity index (χ4v) is 3.17. The van der Waals surface area contributed by atoms with Gasteiger partial charge in [-0.15, -0.1) is 0 Å². The molecule has 0 radical (unpaired) electrons. The van der Waals surface area contributed by atoms with Gasteiger partial charge in [0, 0.05) is 17.8 Å². The van der Waals surface area contributed by atoms with Crippen molar-refractivity contribution in [2.75, 3.05) is 44.2 Å². The Morgan fingerprint density at radius 1 is 1.12 bits per heavy atom. The highest BCUT2D eigenvalue weighted by Gasteiger charge is 2.22. The van der Waals surface area contributed by atoms with Gasteiger partial charge < -0.3 is 19.6 Å². The molecule has 0 bridgehead atoms. The number of hydrogen-bond donors (Lipinski definition) is 2. The van der Waals surface area contributed by atoms with E-state index in [1.165, 1.54) is 22.7 Å². The number of anilines is 1. The van der Waals surface area contributed by atoms with Gasteiger partial charge in [-0.3, -0.25) is 10.1 Å². The average molecular weight is 358 g/mol. The Hall–Kier alpha value is -2.64. The molecular weight excluding hydrogens is 334 g/mol. The first-order chi connectivity index (χ1) is 12.6. The second-order valence-corrected chi connectivity index (χ2v) is 6.49. The fraction of sp³-hybridized carbons (Fsp3) is 0.368. The standard InChI is InChI=1S/C19H23N3O4/c23-18(15-26-19-8-6-17(7-9-19)22(24)25)14-20-10-12-21(13-11-20)16-4-2-1-3-5-16/h1-9,18,23H,10-15H2/p+1/t18-/m1/s1. The van der Waals surface area contributed by atoms with Crippen molar-refractivity contribution in [3.63, 3.8) is 0 Å². The molecule has 7 nitrogen and oxygen atoms in total. The Morgan fingerprint density at radius 3 is 2.38 bits per heavy atom. The number of nitrogens with zero attached hydrogens (tertiary/aromatic N) is 2. The van der Waals surface area contributed by atoms with Gasteiger partial charge in [0.1, 0.15) is 25.0 Å². The van der Waals surface area contributed by atoms with Crippen LogP contribution in [0.5, 0.6) is 5.75 Å². The molecule has 26 heavy (non-hydrogen) atoms. The predicted octanol–water partition coefficient (Wildman–Crippen LogP) is 0.740. The number of rotatable bonds is 7. The van der Waals surface area contributed by atoms with Gasteiger partial charge in [-0.1, -0.05) is 18.2 Å². The van der Waals surface area contributed by atoms with Crippen molar-refractivity contribution >= 4 is 11.4 Å². The van der Waals surface area contributed by atoms with Crippen molar-refractivity contribution in [2.24, 2.45) is 0 Å². The average Bonchev–Trinajstić information content (AvgIpc) is 2.68. The molecule has 0 amide bonds. The molecule has 1 heterocycles. The second-order valence-electron chi connectivity index (χ2n) is 6.49. The Morgan fingerprint density at radius 2 is 1.77 bits per heavy atom.